The van der Waals surface area contributed by atoms with Crippen LogP contribution in [0.25, 0.3) is 0 Å². The van der Waals surface area contributed by atoms with Crippen LogP contribution >= 0.6 is 0 Å². The molecule has 0 aliphatic heterocycles. The van der Waals surface area contributed by atoms with Crippen molar-refractivity contribution in [1.29, 1.82) is 0 Å². The third-order valence-corrected chi connectivity index (χ3v) is 2.48. The molecular weight excluding hydrogens is 220 g/mol. The lowest BCUT2D eigenvalue weighted by atomic mass is 10.1. The molecule has 92 valence electrons. The number of carboxylic acid groups (broad SMARTS) is 1. The Morgan fingerprint density at radius 3 is 2.82 bits per heavy atom. The Morgan fingerprint density at radius 1 is 1.53 bits per heavy atom. The maximum absolute atomic E-state index is 11.5. The molecule has 1 atom stereocenters. The van der Waals surface area contributed by atoms with Gasteiger partial charge in [0.05, 0.1) is 12.3 Å². The zero-order chi connectivity index (χ0) is 12.7. The molecule has 1 heterocycles. The minimum atomic E-state index is -0.880. The number of nitrogens with zero attached hydrogens (tertiary/aromatic N) is 1. The Kier molecular flexibility index (Phi) is 5.13. The van der Waals surface area contributed by atoms with Gasteiger partial charge in [0.15, 0.2) is 0 Å². The van der Waals surface area contributed by atoms with E-state index in [0.717, 1.165) is 5.56 Å². The zero-order valence-electron chi connectivity index (χ0n) is 9.72. The summed E-state index contributed by atoms with van der Waals surface area (Å²) in [7, 11) is 0. The van der Waals surface area contributed by atoms with Crippen LogP contribution in [0.3, 0.4) is 0 Å². The summed E-state index contributed by atoms with van der Waals surface area (Å²) >= 11 is 0. The van der Waals surface area contributed by atoms with Crippen molar-refractivity contribution in [2.75, 3.05) is 6.54 Å². The van der Waals surface area contributed by atoms with Crippen molar-refractivity contribution >= 4 is 11.9 Å². The summed E-state index contributed by atoms with van der Waals surface area (Å²) in [5.74, 6) is -1.58. The summed E-state index contributed by atoms with van der Waals surface area (Å²) in [5.41, 5.74) is 0.813. The van der Waals surface area contributed by atoms with Gasteiger partial charge in [0.2, 0.25) is 5.91 Å². The molecule has 1 aromatic rings. The monoisotopic (exact) mass is 236 g/mol. The van der Waals surface area contributed by atoms with Crippen molar-refractivity contribution in [2.24, 2.45) is 5.92 Å². The molecule has 0 saturated carbocycles. The van der Waals surface area contributed by atoms with E-state index in [9.17, 15) is 9.59 Å². The van der Waals surface area contributed by atoms with Gasteiger partial charge in [0.1, 0.15) is 0 Å². The number of amides is 1. The van der Waals surface area contributed by atoms with Crippen LogP contribution in [0, 0.1) is 5.92 Å². The standard InChI is InChI=1S/C12H16N2O3/c1-2-10(12(16)17)8-14-11(15)6-9-4-3-5-13-7-9/h3-5,7,10H,2,6,8H2,1H3,(H,14,15)(H,16,17). The lowest BCUT2D eigenvalue weighted by molar-refractivity contribution is -0.141. The highest BCUT2D eigenvalue weighted by atomic mass is 16.4. The van der Waals surface area contributed by atoms with Crippen LogP contribution in [0.5, 0.6) is 0 Å². The second-order valence-electron chi connectivity index (χ2n) is 3.79. The van der Waals surface area contributed by atoms with Gasteiger partial charge in [0, 0.05) is 18.9 Å². The highest BCUT2D eigenvalue weighted by molar-refractivity contribution is 5.79. The number of rotatable bonds is 6. The summed E-state index contributed by atoms with van der Waals surface area (Å²) < 4.78 is 0. The lowest BCUT2D eigenvalue weighted by Crippen LogP contribution is -2.33. The maximum Gasteiger partial charge on any atom is 0.308 e. The van der Waals surface area contributed by atoms with Crippen molar-refractivity contribution in [3.8, 4) is 0 Å². The van der Waals surface area contributed by atoms with Gasteiger partial charge in [-0.25, -0.2) is 0 Å². The second kappa shape index (κ2) is 6.62. The average Bonchev–Trinajstić information content (AvgIpc) is 2.30. The van der Waals surface area contributed by atoms with E-state index in [4.69, 9.17) is 5.11 Å². The molecule has 0 saturated heterocycles. The summed E-state index contributed by atoms with van der Waals surface area (Å²) in [4.78, 5) is 26.2. The van der Waals surface area contributed by atoms with E-state index in [-0.39, 0.29) is 18.9 Å². The fraction of sp³-hybridized carbons (Fsp3) is 0.417. The van der Waals surface area contributed by atoms with Gasteiger partial charge >= 0.3 is 5.97 Å². The first-order chi connectivity index (χ1) is 8.13. The Bertz CT molecular complexity index is 379. The van der Waals surface area contributed by atoms with E-state index in [1.54, 1.807) is 31.5 Å². The third kappa shape index (κ3) is 4.63. The highest BCUT2D eigenvalue weighted by Gasteiger charge is 2.15. The molecule has 17 heavy (non-hydrogen) atoms. The number of hydrogen-bond donors (Lipinski definition) is 2. The van der Waals surface area contributed by atoms with Crippen LogP contribution in [0.2, 0.25) is 0 Å². The number of nitrogens with one attached hydrogen (secondary N) is 1. The zero-order valence-corrected chi connectivity index (χ0v) is 9.72. The topological polar surface area (TPSA) is 79.3 Å². The van der Waals surface area contributed by atoms with Crippen LogP contribution in [0.1, 0.15) is 18.9 Å². The number of pyridine rings is 1. The number of hydrogen-bond acceptors (Lipinski definition) is 3. The van der Waals surface area contributed by atoms with Crippen LogP contribution in [-0.2, 0) is 16.0 Å². The van der Waals surface area contributed by atoms with Crippen molar-refractivity contribution in [3.63, 3.8) is 0 Å². The minimum Gasteiger partial charge on any atom is -0.481 e. The molecule has 1 amide bonds. The fourth-order valence-electron chi connectivity index (χ4n) is 1.39. The van der Waals surface area contributed by atoms with Gasteiger partial charge in [0.25, 0.3) is 0 Å². The van der Waals surface area contributed by atoms with Gasteiger partial charge in [-0.05, 0) is 18.1 Å². The molecule has 2 N–H and O–H groups in total. The summed E-state index contributed by atoms with van der Waals surface area (Å²) in [6.07, 6.45) is 3.99. The van der Waals surface area contributed by atoms with E-state index in [1.807, 2.05) is 0 Å². The normalized spacial score (nSPS) is 11.8. The van der Waals surface area contributed by atoms with Gasteiger partial charge in [-0.1, -0.05) is 13.0 Å². The van der Waals surface area contributed by atoms with E-state index in [1.165, 1.54) is 0 Å². The molecule has 1 rings (SSSR count). The molecule has 0 fully saturated rings. The Morgan fingerprint density at radius 2 is 2.29 bits per heavy atom. The van der Waals surface area contributed by atoms with Gasteiger partial charge < -0.3 is 10.4 Å². The number of carbonyl (C=O) groups is 2. The molecule has 0 radical (unpaired) electrons. The van der Waals surface area contributed by atoms with Crippen molar-refractivity contribution in [2.45, 2.75) is 19.8 Å². The first-order valence-electron chi connectivity index (χ1n) is 5.52. The molecule has 1 aromatic heterocycles. The molecule has 0 aliphatic rings. The molecule has 1 unspecified atom stereocenters. The Labute approximate surface area is 99.9 Å². The first-order valence-corrected chi connectivity index (χ1v) is 5.52. The van der Waals surface area contributed by atoms with Gasteiger partial charge in [-0.15, -0.1) is 0 Å². The van der Waals surface area contributed by atoms with E-state index in [2.05, 4.69) is 10.3 Å². The number of carboxylic acids is 1. The highest BCUT2D eigenvalue weighted by Crippen LogP contribution is 2.01. The number of carbonyl (C=O) groups excluding carboxylic acids is 1. The van der Waals surface area contributed by atoms with Crippen molar-refractivity contribution in [1.82, 2.24) is 10.3 Å². The fourth-order valence-corrected chi connectivity index (χ4v) is 1.39. The summed E-state index contributed by atoms with van der Waals surface area (Å²) in [6.45, 7) is 1.96. The lowest BCUT2D eigenvalue weighted by Gasteiger charge is -2.10. The molecule has 0 aliphatic carbocycles. The minimum absolute atomic E-state index is 0.172. The van der Waals surface area contributed by atoms with Crippen molar-refractivity contribution < 1.29 is 14.7 Å². The molecular formula is C12H16N2O3. The largest absolute Gasteiger partial charge is 0.481 e. The Hall–Kier alpha value is -1.91. The average molecular weight is 236 g/mol. The molecule has 0 spiro atoms. The second-order valence-corrected chi connectivity index (χ2v) is 3.79. The molecule has 5 nitrogen and oxygen atoms in total. The molecule has 0 bridgehead atoms. The SMILES string of the molecule is CCC(CNC(=O)Cc1cccnc1)C(=O)O. The quantitative estimate of drug-likeness (QED) is 0.767. The maximum atomic E-state index is 11.5. The van der Waals surface area contributed by atoms with Gasteiger partial charge in [-0.3, -0.25) is 14.6 Å². The van der Waals surface area contributed by atoms with Crippen molar-refractivity contribution in [3.05, 3.63) is 30.1 Å². The predicted octanol–water partition coefficient (Wildman–Crippen LogP) is 0.851. The number of aliphatic carboxylic acids is 1. The summed E-state index contributed by atoms with van der Waals surface area (Å²) in [5, 5.41) is 11.4. The molecule has 5 heteroatoms. The molecule has 0 aromatic carbocycles. The Balaban J connectivity index is 2.38. The summed E-state index contributed by atoms with van der Waals surface area (Å²) in [6, 6.07) is 3.57. The van der Waals surface area contributed by atoms with E-state index >= 15 is 0 Å². The van der Waals surface area contributed by atoms with Crippen LogP contribution in [0.4, 0.5) is 0 Å². The van der Waals surface area contributed by atoms with Gasteiger partial charge in [-0.2, -0.15) is 0 Å². The smallest absolute Gasteiger partial charge is 0.308 e. The first kappa shape index (κ1) is 13.2. The van der Waals surface area contributed by atoms with Crippen LogP contribution in [0.15, 0.2) is 24.5 Å². The van der Waals surface area contributed by atoms with E-state index < -0.39 is 11.9 Å². The van der Waals surface area contributed by atoms with Crippen LogP contribution in [-0.4, -0.2) is 28.5 Å². The van der Waals surface area contributed by atoms with E-state index in [0.29, 0.717) is 6.42 Å². The third-order valence-electron chi connectivity index (χ3n) is 2.48. The predicted molar refractivity (Wildman–Crippen MR) is 62.4 cm³/mol. The number of aromatic nitrogens is 1. The van der Waals surface area contributed by atoms with Crippen LogP contribution < -0.4 is 5.32 Å².